The number of pyridine rings is 1. The molecule has 0 aliphatic rings. The van der Waals surface area contributed by atoms with Crippen molar-refractivity contribution in [3.8, 4) is 5.75 Å². The van der Waals surface area contributed by atoms with Gasteiger partial charge in [0.1, 0.15) is 12.3 Å². The van der Waals surface area contributed by atoms with Crippen LogP contribution in [0.2, 0.25) is 0 Å². The first-order valence-corrected chi connectivity index (χ1v) is 8.09. The topological polar surface area (TPSA) is 103 Å². The average Bonchev–Trinajstić information content (AvgIpc) is 2.61. The van der Waals surface area contributed by atoms with E-state index < -0.39 is 16.0 Å². The Morgan fingerprint density at radius 2 is 1.92 bits per heavy atom. The Morgan fingerprint density at radius 1 is 1.27 bits per heavy atom. The summed E-state index contributed by atoms with van der Waals surface area (Å²) in [4.78, 5) is 33.9. The van der Waals surface area contributed by atoms with Crippen LogP contribution in [0.1, 0.15) is 25.5 Å². The molecule has 1 atom stereocenters. The summed E-state index contributed by atoms with van der Waals surface area (Å²) in [7, 11) is 1.58. The van der Waals surface area contributed by atoms with E-state index >= 15 is 0 Å². The first-order chi connectivity index (χ1) is 12.3. The molecule has 8 nitrogen and oxygen atoms in total. The smallest absolute Gasteiger partial charge is 0.332 e. The Balaban J connectivity index is 2.14. The van der Waals surface area contributed by atoms with Crippen LogP contribution in [0.25, 0.3) is 0 Å². The van der Waals surface area contributed by atoms with Crippen LogP contribution in [0, 0.1) is 16.0 Å². The molecule has 138 valence electrons. The van der Waals surface area contributed by atoms with Crippen LogP contribution in [0.3, 0.4) is 0 Å². The molecule has 0 saturated heterocycles. The lowest BCUT2D eigenvalue weighted by atomic mass is 9.96. The van der Waals surface area contributed by atoms with Crippen LogP contribution in [0.15, 0.2) is 47.5 Å². The zero-order valence-electron chi connectivity index (χ0n) is 14.8. The maximum atomic E-state index is 12.4. The molecule has 1 amide bonds. The van der Waals surface area contributed by atoms with Gasteiger partial charge in [0.25, 0.3) is 5.43 Å². The first-order valence-electron chi connectivity index (χ1n) is 8.09. The fraction of sp³-hybridized carbons (Fsp3) is 0.333. The molecule has 0 aliphatic heterocycles. The number of ether oxygens (including phenoxy) is 1. The second-order valence-electron chi connectivity index (χ2n) is 6.19. The third kappa shape index (κ3) is 4.69. The fourth-order valence-corrected chi connectivity index (χ4v) is 2.58. The molecule has 26 heavy (non-hydrogen) atoms. The van der Waals surface area contributed by atoms with Crippen LogP contribution in [-0.2, 0) is 11.3 Å². The molecule has 8 heteroatoms. The molecule has 1 unspecified atom stereocenters. The highest BCUT2D eigenvalue weighted by atomic mass is 16.6. The quantitative estimate of drug-likeness (QED) is 0.603. The van der Waals surface area contributed by atoms with E-state index in [1.165, 1.54) is 10.8 Å². The van der Waals surface area contributed by atoms with Crippen molar-refractivity contribution < 1.29 is 14.5 Å². The van der Waals surface area contributed by atoms with E-state index in [0.717, 1.165) is 23.6 Å². The Bertz CT molecular complexity index is 843. The predicted octanol–water partition coefficient (Wildman–Crippen LogP) is 2.28. The molecule has 0 bridgehead atoms. The van der Waals surface area contributed by atoms with Gasteiger partial charge >= 0.3 is 5.69 Å². The summed E-state index contributed by atoms with van der Waals surface area (Å²) in [6.07, 6.45) is 2.42. The van der Waals surface area contributed by atoms with Gasteiger partial charge in [-0.05, 0) is 23.6 Å². The van der Waals surface area contributed by atoms with E-state index in [1.807, 2.05) is 38.1 Å². The van der Waals surface area contributed by atoms with E-state index in [2.05, 4.69) is 5.32 Å². The van der Waals surface area contributed by atoms with Gasteiger partial charge in [-0.1, -0.05) is 26.0 Å². The van der Waals surface area contributed by atoms with Gasteiger partial charge < -0.3 is 14.6 Å². The van der Waals surface area contributed by atoms with Gasteiger partial charge in [-0.25, -0.2) is 0 Å². The zero-order chi connectivity index (χ0) is 19.3. The molecule has 1 heterocycles. The second-order valence-corrected chi connectivity index (χ2v) is 6.19. The average molecular weight is 359 g/mol. The van der Waals surface area contributed by atoms with Gasteiger partial charge in [-0.2, -0.15) is 0 Å². The summed E-state index contributed by atoms with van der Waals surface area (Å²) in [6, 6.07) is 8.27. The molecule has 0 radical (unpaired) electrons. The van der Waals surface area contributed by atoms with Crippen LogP contribution in [0.4, 0.5) is 5.69 Å². The molecule has 1 N–H and O–H groups in total. The van der Waals surface area contributed by atoms with Crippen molar-refractivity contribution in [2.24, 2.45) is 5.92 Å². The van der Waals surface area contributed by atoms with Crippen molar-refractivity contribution in [3.05, 3.63) is 68.6 Å². The molecule has 0 fully saturated rings. The molecular weight excluding hydrogens is 338 g/mol. The van der Waals surface area contributed by atoms with Gasteiger partial charge in [-0.3, -0.25) is 19.7 Å². The molecule has 1 aromatic carbocycles. The summed E-state index contributed by atoms with van der Waals surface area (Å²) in [5.41, 5.74) is -0.319. The highest BCUT2D eigenvalue weighted by Crippen LogP contribution is 2.23. The Kier molecular flexibility index (Phi) is 6.11. The number of nitrogens with zero attached hydrogens (tertiary/aromatic N) is 2. The largest absolute Gasteiger partial charge is 0.497 e. The fourth-order valence-electron chi connectivity index (χ4n) is 2.58. The van der Waals surface area contributed by atoms with Gasteiger partial charge in [0.15, 0.2) is 0 Å². The summed E-state index contributed by atoms with van der Waals surface area (Å²) < 4.78 is 6.46. The summed E-state index contributed by atoms with van der Waals surface area (Å²) in [6.45, 7) is 3.85. The van der Waals surface area contributed by atoms with Crippen molar-refractivity contribution in [2.45, 2.75) is 26.4 Å². The molecule has 2 aromatic rings. The maximum Gasteiger partial charge on any atom is 0.332 e. The number of hydrogen-bond acceptors (Lipinski definition) is 5. The van der Waals surface area contributed by atoms with Gasteiger partial charge in [0.05, 0.1) is 24.3 Å². The van der Waals surface area contributed by atoms with E-state index in [9.17, 15) is 19.7 Å². The number of rotatable bonds is 7. The third-order valence-corrected chi connectivity index (χ3v) is 3.94. The van der Waals surface area contributed by atoms with Crippen molar-refractivity contribution >= 4 is 11.6 Å². The minimum atomic E-state index is -0.759. The lowest BCUT2D eigenvalue weighted by molar-refractivity contribution is -0.386. The standard InChI is InChI=1S/C18H21N3O5/c1-12(2)18(13-4-6-14(26-3)7-5-13)19-17(23)11-20-9-8-16(22)15(10-20)21(24)25/h4-10,12,18H,11H2,1-3H3,(H,19,23). The molecule has 0 aliphatic carbocycles. The second kappa shape index (κ2) is 8.28. The van der Waals surface area contributed by atoms with Crippen LogP contribution >= 0.6 is 0 Å². The number of nitrogens with one attached hydrogen (secondary N) is 1. The van der Waals surface area contributed by atoms with Gasteiger partial charge in [0.2, 0.25) is 5.91 Å². The predicted molar refractivity (Wildman–Crippen MR) is 96.1 cm³/mol. The molecule has 0 spiro atoms. The number of aromatic nitrogens is 1. The Morgan fingerprint density at radius 3 is 2.46 bits per heavy atom. The van der Waals surface area contributed by atoms with Crippen LogP contribution in [0.5, 0.6) is 5.75 Å². The Hall–Kier alpha value is -3.16. The number of nitro groups is 1. The van der Waals surface area contributed by atoms with Gasteiger partial charge in [0, 0.05) is 12.3 Å². The molecule has 1 aromatic heterocycles. The SMILES string of the molecule is COc1ccc(C(NC(=O)Cn2ccc(=O)c([N+](=O)[O-])c2)C(C)C)cc1. The zero-order valence-corrected chi connectivity index (χ0v) is 14.8. The summed E-state index contributed by atoms with van der Waals surface area (Å²) in [5.74, 6) is 0.552. The van der Waals surface area contributed by atoms with E-state index in [-0.39, 0.29) is 24.4 Å². The van der Waals surface area contributed by atoms with Crippen molar-refractivity contribution in [1.29, 1.82) is 0 Å². The van der Waals surface area contributed by atoms with Crippen LogP contribution < -0.4 is 15.5 Å². The maximum absolute atomic E-state index is 12.4. The lowest BCUT2D eigenvalue weighted by Gasteiger charge is -2.23. The number of amides is 1. The lowest BCUT2D eigenvalue weighted by Crippen LogP contribution is -2.34. The minimum Gasteiger partial charge on any atom is -0.497 e. The number of carbonyl (C=O) groups excluding carboxylic acids is 1. The number of benzene rings is 1. The van der Waals surface area contributed by atoms with E-state index in [4.69, 9.17) is 4.74 Å². The number of carbonyl (C=O) groups is 1. The monoisotopic (exact) mass is 359 g/mol. The highest BCUT2D eigenvalue weighted by Gasteiger charge is 2.19. The normalized spacial score (nSPS) is 11.8. The third-order valence-electron chi connectivity index (χ3n) is 3.94. The van der Waals surface area contributed by atoms with E-state index in [0.29, 0.717) is 0 Å². The first kappa shape index (κ1) is 19.2. The molecule has 2 rings (SSSR count). The number of hydrogen-bond donors (Lipinski definition) is 1. The number of methoxy groups -OCH3 is 1. The van der Waals surface area contributed by atoms with Gasteiger partial charge in [-0.15, -0.1) is 0 Å². The van der Waals surface area contributed by atoms with Crippen molar-refractivity contribution in [3.63, 3.8) is 0 Å². The minimum absolute atomic E-state index is 0.125. The molecule has 0 saturated carbocycles. The summed E-state index contributed by atoms with van der Waals surface area (Å²) in [5, 5.41) is 13.8. The van der Waals surface area contributed by atoms with Crippen LogP contribution in [-0.4, -0.2) is 22.5 Å². The summed E-state index contributed by atoms with van der Waals surface area (Å²) >= 11 is 0. The van der Waals surface area contributed by atoms with Crippen molar-refractivity contribution in [2.75, 3.05) is 7.11 Å². The highest BCUT2D eigenvalue weighted by molar-refractivity contribution is 5.76. The molecular formula is C18H21N3O5. The van der Waals surface area contributed by atoms with Crippen molar-refractivity contribution in [1.82, 2.24) is 9.88 Å². The van der Waals surface area contributed by atoms with E-state index in [1.54, 1.807) is 7.11 Å². The Labute approximate surface area is 150 Å².